The summed E-state index contributed by atoms with van der Waals surface area (Å²) in [5, 5.41) is 15.1. The fraction of sp³-hybridized carbons (Fsp3) is 0.450. The van der Waals surface area contributed by atoms with Gasteiger partial charge in [0.25, 0.3) is 0 Å². The highest BCUT2D eigenvalue weighted by molar-refractivity contribution is 7.15. The molecule has 1 aromatic carbocycles. The Bertz CT molecular complexity index is 896. The van der Waals surface area contributed by atoms with Crippen molar-refractivity contribution in [2.24, 2.45) is 5.92 Å². The number of aromatic nitrogens is 2. The Balaban J connectivity index is 1.61. The number of nitrogens with zero attached hydrogens (tertiary/aromatic N) is 3. The van der Waals surface area contributed by atoms with Gasteiger partial charge in [0, 0.05) is 37.2 Å². The van der Waals surface area contributed by atoms with Gasteiger partial charge in [0.1, 0.15) is 5.01 Å². The predicted molar refractivity (Wildman–Crippen MR) is 113 cm³/mol. The Morgan fingerprint density at radius 3 is 2.62 bits per heavy atom. The van der Waals surface area contributed by atoms with Gasteiger partial charge in [-0.05, 0) is 30.7 Å². The Labute approximate surface area is 173 Å². The van der Waals surface area contributed by atoms with E-state index in [4.69, 9.17) is 0 Å². The van der Waals surface area contributed by atoms with Crippen LogP contribution in [0.2, 0.25) is 0 Å². The van der Waals surface area contributed by atoms with E-state index in [1.54, 1.807) is 29.2 Å². The van der Waals surface area contributed by atoms with Crippen LogP contribution in [0.5, 0.6) is 0 Å². The minimum absolute atomic E-state index is 0.105. The first-order chi connectivity index (χ1) is 13.9. The van der Waals surface area contributed by atoms with Gasteiger partial charge in [0.05, 0.1) is 5.92 Å². The molecule has 1 aliphatic rings. The van der Waals surface area contributed by atoms with Gasteiger partial charge in [-0.25, -0.2) is 0 Å². The maximum Gasteiger partial charge on any atom is 0.231 e. The number of benzene rings is 1. The topological polar surface area (TPSA) is 104 Å². The Hall–Kier alpha value is -2.81. The molecule has 0 saturated carbocycles. The average molecular weight is 416 g/mol. The Morgan fingerprint density at radius 1 is 1.24 bits per heavy atom. The molecule has 2 unspecified atom stereocenters. The quantitative estimate of drug-likeness (QED) is 0.721. The van der Waals surface area contributed by atoms with E-state index in [0.717, 1.165) is 17.8 Å². The zero-order valence-corrected chi connectivity index (χ0v) is 17.6. The van der Waals surface area contributed by atoms with Crippen LogP contribution in [-0.4, -0.2) is 34.5 Å². The van der Waals surface area contributed by atoms with Gasteiger partial charge in [-0.2, -0.15) is 0 Å². The first kappa shape index (κ1) is 20.9. The van der Waals surface area contributed by atoms with Gasteiger partial charge < -0.3 is 15.5 Å². The monoisotopic (exact) mass is 415 g/mol. The van der Waals surface area contributed by atoms with Crippen molar-refractivity contribution in [3.05, 3.63) is 29.3 Å². The van der Waals surface area contributed by atoms with Crippen molar-refractivity contribution in [1.29, 1.82) is 0 Å². The van der Waals surface area contributed by atoms with E-state index >= 15 is 0 Å². The lowest BCUT2D eigenvalue weighted by Gasteiger charge is -2.17. The molecule has 0 radical (unpaired) electrons. The van der Waals surface area contributed by atoms with Gasteiger partial charge in [-0.15, -0.1) is 10.2 Å². The lowest BCUT2D eigenvalue weighted by molar-refractivity contribution is -0.122. The second kappa shape index (κ2) is 9.13. The minimum atomic E-state index is -0.446. The maximum absolute atomic E-state index is 12.6. The molecule has 0 bridgehead atoms. The first-order valence-electron chi connectivity index (χ1n) is 9.69. The number of nitrogens with one attached hydrogen (secondary N) is 2. The van der Waals surface area contributed by atoms with Crippen LogP contribution in [-0.2, 0) is 14.4 Å². The first-order valence-corrected chi connectivity index (χ1v) is 10.5. The molecule has 0 aliphatic carbocycles. The Morgan fingerprint density at radius 2 is 1.97 bits per heavy atom. The van der Waals surface area contributed by atoms with E-state index < -0.39 is 5.92 Å². The number of amides is 3. The van der Waals surface area contributed by atoms with Crippen LogP contribution in [0, 0.1) is 5.92 Å². The summed E-state index contributed by atoms with van der Waals surface area (Å²) in [7, 11) is 0. The van der Waals surface area contributed by atoms with Crippen molar-refractivity contribution in [2.75, 3.05) is 22.1 Å². The third kappa shape index (κ3) is 5.17. The SMILES string of the molecule is CCCC(C)c1nnc(NC(=O)C2CC(=O)N(c3ccc(NC(C)=O)cc3)C2)s1. The molecule has 1 aromatic heterocycles. The number of anilines is 3. The van der Waals surface area contributed by atoms with E-state index in [1.807, 2.05) is 0 Å². The average Bonchev–Trinajstić information content (AvgIpc) is 3.29. The number of carbonyl (C=O) groups excluding carboxylic acids is 3. The minimum Gasteiger partial charge on any atom is -0.326 e. The molecule has 2 N–H and O–H groups in total. The zero-order valence-electron chi connectivity index (χ0n) is 16.8. The highest BCUT2D eigenvalue weighted by atomic mass is 32.1. The van der Waals surface area contributed by atoms with Crippen LogP contribution in [0.4, 0.5) is 16.5 Å². The molecule has 2 heterocycles. The van der Waals surface area contributed by atoms with Crippen LogP contribution in [0.25, 0.3) is 0 Å². The standard InChI is InChI=1S/C20H25N5O3S/c1-4-5-12(2)19-23-24-20(29-19)22-18(28)14-10-17(27)25(11-14)16-8-6-15(7-9-16)21-13(3)26/h6-9,12,14H,4-5,10-11H2,1-3H3,(H,21,26)(H,22,24,28). The summed E-state index contributed by atoms with van der Waals surface area (Å²) in [5.74, 6) is -0.616. The van der Waals surface area contributed by atoms with Crippen molar-refractivity contribution in [3.8, 4) is 0 Å². The fourth-order valence-electron chi connectivity index (χ4n) is 3.31. The molecule has 0 spiro atoms. The van der Waals surface area contributed by atoms with Crippen molar-refractivity contribution in [2.45, 2.75) is 46.0 Å². The molecule has 3 amide bonds. The highest BCUT2D eigenvalue weighted by Crippen LogP contribution is 2.29. The summed E-state index contributed by atoms with van der Waals surface area (Å²) in [6.07, 6.45) is 2.24. The molecule has 2 atom stereocenters. The zero-order chi connectivity index (χ0) is 21.0. The molecule has 1 saturated heterocycles. The molecule has 9 heteroatoms. The Kier molecular flexibility index (Phi) is 6.58. The molecule has 1 fully saturated rings. The number of carbonyl (C=O) groups is 3. The fourth-order valence-corrected chi connectivity index (χ4v) is 4.14. The summed E-state index contributed by atoms with van der Waals surface area (Å²) >= 11 is 1.39. The molecule has 1 aliphatic heterocycles. The molecule has 2 aromatic rings. The van der Waals surface area contributed by atoms with Crippen LogP contribution < -0.4 is 15.5 Å². The molecule has 3 rings (SSSR count). The largest absolute Gasteiger partial charge is 0.326 e. The van der Waals surface area contributed by atoms with Gasteiger partial charge in [0.15, 0.2) is 0 Å². The summed E-state index contributed by atoms with van der Waals surface area (Å²) in [6.45, 7) is 5.96. The van der Waals surface area contributed by atoms with Crippen molar-refractivity contribution >= 4 is 45.6 Å². The van der Waals surface area contributed by atoms with Gasteiger partial charge >= 0.3 is 0 Å². The van der Waals surface area contributed by atoms with Crippen LogP contribution in [0.15, 0.2) is 24.3 Å². The molecule has 154 valence electrons. The second-order valence-corrected chi connectivity index (χ2v) is 8.27. The number of hydrogen-bond donors (Lipinski definition) is 2. The molecular formula is C20H25N5O3S. The summed E-state index contributed by atoms with van der Waals surface area (Å²) in [4.78, 5) is 37.8. The van der Waals surface area contributed by atoms with E-state index in [0.29, 0.717) is 29.0 Å². The third-order valence-corrected chi connectivity index (χ3v) is 5.88. The van der Waals surface area contributed by atoms with Gasteiger partial charge in [-0.3, -0.25) is 14.4 Å². The van der Waals surface area contributed by atoms with E-state index in [2.05, 4.69) is 34.7 Å². The lowest BCUT2D eigenvalue weighted by Crippen LogP contribution is -2.28. The smallest absolute Gasteiger partial charge is 0.231 e. The van der Waals surface area contributed by atoms with Gasteiger partial charge in [0.2, 0.25) is 22.9 Å². The molecule has 8 nitrogen and oxygen atoms in total. The summed E-state index contributed by atoms with van der Waals surface area (Å²) < 4.78 is 0. The van der Waals surface area contributed by atoms with Crippen molar-refractivity contribution in [1.82, 2.24) is 10.2 Å². The molecular weight excluding hydrogens is 390 g/mol. The normalized spacial score (nSPS) is 17.3. The predicted octanol–water partition coefficient (Wildman–Crippen LogP) is 3.39. The number of rotatable bonds is 7. The van der Waals surface area contributed by atoms with E-state index in [-0.39, 0.29) is 24.1 Å². The van der Waals surface area contributed by atoms with Gasteiger partial charge in [-0.1, -0.05) is 31.6 Å². The van der Waals surface area contributed by atoms with Crippen LogP contribution in [0.3, 0.4) is 0 Å². The number of hydrogen-bond acceptors (Lipinski definition) is 6. The maximum atomic E-state index is 12.6. The van der Waals surface area contributed by atoms with Crippen molar-refractivity contribution < 1.29 is 14.4 Å². The third-order valence-electron chi connectivity index (χ3n) is 4.81. The van der Waals surface area contributed by atoms with E-state index in [1.165, 1.54) is 18.3 Å². The summed E-state index contributed by atoms with van der Waals surface area (Å²) in [6, 6.07) is 6.99. The van der Waals surface area contributed by atoms with Crippen LogP contribution >= 0.6 is 11.3 Å². The van der Waals surface area contributed by atoms with Crippen molar-refractivity contribution in [3.63, 3.8) is 0 Å². The molecule has 29 heavy (non-hydrogen) atoms. The van der Waals surface area contributed by atoms with E-state index in [9.17, 15) is 14.4 Å². The summed E-state index contributed by atoms with van der Waals surface area (Å²) in [5.41, 5.74) is 1.36. The lowest BCUT2D eigenvalue weighted by atomic mass is 10.1. The highest BCUT2D eigenvalue weighted by Gasteiger charge is 2.35. The van der Waals surface area contributed by atoms with Crippen LogP contribution in [0.1, 0.15) is 51.0 Å². The second-order valence-electron chi connectivity index (χ2n) is 7.26.